The first kappa shape index (κ1) is 33.2. The highest BCUT2D eigenvalue weighted by Gasteiger charge is 2.31. The van der Waals surface area contributed by atoms with E-state index < -0.39 is 45.7 Å². The molecule has 0 aromatic heterocycles. The van der Waals surface area contributed by atoms with E-state index in [0.29, 0.717) is 13.2 Å². The van der Waals surface area contributed by atoms with Crippen LogP contribution in [0.3, 0.4) is 0 Å². The first-order chi connectivity index (χ1) is 18.4. The summed E-state index contributed by atoms with van der Waals surface area (Å²) in [5, 5.41) is 20.0. The number of hydrogen-bond acceptors (Lipinski definition) is 6. The Hall–Kier alpha value is -3.02. The highest BCUT2D eigenvalue weighted by Crippen LogP contribution is 2.36. The molecule has 3 N–H and O–H groups in total. The quantitative estimate of drug-likeness (QED) is 0.319. The monoisotopic (exact) mass is 606 g/mol. The Balaban J connectivity index is 0.000000294. The average Bonchev–Trinajstić information content (AvgIpc) is 3.34. The van der Waals surface area contributed by atoms with Crippen molar-refractivity contribution in [1.29, 1.82) is 0 Å². The number of rotatable bonds is 5. The van der Waals surface area contributed by atoms with E-state index in [1.54, 1.807) is 41.5 Å². The number of carbonyl (C=O) groups is 2. The summed E-state index contributed by atoms with van der Waals surface area (Å²) in [4.78, 5) is 23.7. The van der Waals surface area contributed by atoms with Gasteiger partial charge < -0.3 is 24.4 Å². The van der Waals surface area contributed by atoms with Gasteiger partial charge in [0, 0.05) is 18.1 Å². The van der Waals surface area contributed by atoms with E-state index in [1.165, 1.54) is 18.2 Å². The maximum atomic E-state index is 14.2. The van der Waals surface area contributed by atoms with Gasteiger partial charge in [-0.05, 0) is 72.2 Å². The molecule has 40 heavy (non-hydrogen) atoms. The molecule has 1 fully saturated rings. The van der Waals surface area contributed by atoms with E-state index in [4.69, 9.17) is 42.5 Å². The fraction of sp³-hybridized carbons (Fsp3) is 0.481. The number of anilines is 2. The van der Waals surface area contributed by atoms with Crippen molar-refractivity contribution in [2.75, 3.05) is 30.0 Å². The SMILES string of the molecule is CC(C)(C)N(C(=O)O)c1ccc(O)c(Cl)c1F.CC(C)(C)OC(=O)Nc1ccc(OCC2CCOC2)c(Cl)c1F. The molecule has 2 aromatic rings. The molecule has 1 saturated heterocycles. The second-order valence-corrected chi connectivity index (χ2v) is 11.7. The highest BCUT2D eigenvalue weighted by molar-refractivity contribution is 6.33. The van der Waals surface area contributed by atoms with E-state index >= 15 is 0 Å². The maximum Gasteiger partial charge on any atom is 0.412 e. The largest absolute Gasteiger partial charge is 0.506 e. The van der Waals surface area contributed by atoms with Gasteiger partial charge in [-0.1, -0.05) is 23.2 Å². The number of nitrogens with one attached hydrogen (secondary N) is 1. The Bertz CT molecular complexity index is 1210. The van der Waals surface area contributed by atoms with Gasteiger partial charge in [0.05, 0.1) is 24.6 Å². The Labute approximate surface area is 241 Å². The first-order valence-corrected chi connectivity index (χ1v) is 13.1. The molecule has 9 nitrogen and oxygen atoms in total. The topological polar surface area (TPSA) is 118 Å². The molecule has 0 saturated carbocycles. The lowest BCUT2D eigenvalue weighted by Gasteiger charge is -2.33. The lowest BCUT2D eigenvalue weighted by molar-refractivity contribution is 0.0635. The van der Waals surface area contributed by atoms with Gasteiger partial charge in [-0.25, -0.2) is 18.4 Å². The standard InChI is InChI=1S/C16H21ClFNO4.C11H13ClFNO3/c1-16(2,3)23-15(20)19-11-4-5-12(13(17)14(11)18)22-9-10-6-7-21-8-10;1-11(2,3)14(10(16)17)6-4-5-7(15)8(12)9(6)13/h4-5,10H,6-9H2,1-3H3,(H,19,20);4-5,15H,1-3H3,(H,16,17). The Morgan fingerprint density at radius 1 is 1.07 bits per heavy atom. The number of benzene rings is 2. The number of carbonyl (C=O) groups excluding carboxylic acids is 1. The third kappa shape index (κ3) is 9.28. The van der Waals surface area contributed by atoms with E-state index in [-0.39, 0.29) is 28.1 Å². The highest BCUT2D eigenvalue weighted by atomic mass is 35.5. The van der Waals surface area contributed by atoms with Crippen molar-refractivity contribution in [3.63, 3.8) is 0 Å². The summed E-state index contributed by atoms with van der Waals surface area (Å²) in [7, 11) is 0. The molecule has 1 aliphatic rings. The molecule has 3 rings (SSSR count). The van der Waals surface area contributed by atoms with Crippen LogP contribution in [0.15, 0.2) is 24.3 Å². The van der Waals surface area contributed by atoms with Crippen molar-refractivity contribution < 1.29 is 42.8 Å². The number of nitrogens with zero attached hydrogens (tertiary/aromatic N) is 1. The second-order valence-electron chi connectivity index (χ2n) is 10.9. The van der Waals surface area contributed by atoms with Crippen LogP contribution in [0.1, 0.15) is 48.0 Å². The summed E-state index contributed by atoms with van der Waals surface area (Å²) < 4.78 is 43.9. The molecule has 222 valence electrons. The number of halogens is 4. The number of aromatic hydroxyl groups is 1. The molecule has 0 bridgehead atoms. The Morgan fingerprint density at radius 2 is 1.73 bits per heavy atom. The molecule has 0 radical (unpaired) electrons. The van der Waals surface area contributed by atoms with Crippen molar-refractivity contribution in [2.45, 2.75) is 59.1 Å². The van der Waals surface area contributed by atoms with Crippen molar-refractivity contribution >= 4 is 46.8 Å². The number of carboxylic acid groups (broad SMARTS) is 1. The van der Waals surface area contributed by atoms with Gasteiger partial charge in [-0.15, -0.1) is 0 Å². The Morgan fingerprint density at radius 3 is 2.25 bits per heavy atom. The van der Waals surface area contributed by atoms with Crippen LogP contribution in [0.25, 0.3) is 0 Å². The molecule has 1 heterocycles. The lowest BCUT2D eigenvalue weighted by atomic mass is 10.1. The smallest absolute Gasteiger partial charge is 0.412 e. The number of amides is 2. The minimum absolute atomic E-state index is 0.0548. The zero-order valence-corrected chi connectivity index (χ0v) is 24.6. The lowest BCUT2D eigenvalue weighted by Crippen LogP contribution is -2.45. The normalized spacial score (nSPS) is 15.1. The van der Waals surface area contributed by atoms with Gasteiger partial charge in [0.2, 0.25) is 0 Å². The van der Waals surface area contributed by atoms with E-state index in [2.05, 4.69) is 5.32 Å². The number of phenols is 1. The minimum Gasteiger partial charge on any atom is -0.506 e. The molecule has 1 aliphatic heterocycles. The summed E-state index contributed by atoms with van der Waals surface area (Å²) >= 11 is 11.5. The van der Waals surface area contributed by atoms with Crippen LogP contribution in [0, 0.1) is 17.6 Å². The number of ether oxygens (including phenoxy) is 3. The molecule has 13 heteroatoms. The van der Waals surface area contributed by atoms with Crippen LogP contribution < -0.4 is 15.0 Å². The number of hydrogen-bond donors (Lipinski definition) is 3. The number of phenolic OH excluding ortho intramolecular Hbond substituents is 1. The summed E-state index contributed by atoms with van der Waals surface area (Å²) in [6.07, 6.45) is -1.12. The molecule has 1 unspecified atom stereocenters. The van der Waals surface area contributed by atoms with Crippen LogP contribution in [-0.2, 0) is 9.47 Å². The van der Waals surface area contributed by atoms with Crippen LogP contribution >= 0.6 is 23.2 Å². The third-order valence-electron chi connectivity index (χ3n) is 5.33. The van der Waals surface area contributed by atoms with Crippen molar-refractivity contribution in [1.82, 2.24) is 0 Å². The van der Waals surface area contributed by atoms with Crippen molar-refractivity contribution in [3.05, 3.63) is 45.9 Å². The van der Waals surface area contributed by atoms with Crippen molar-refractivity contribution in [3.8, 4) is 11.5 Å². The van der Waals surface area contributed by atoms with E-state index in [9.17, 15) is 23.5 Å². The molecule has 2 amide bonds. The van der Waals surface area contributed by atoms with Gasteiger partial charge in [0.1, 0.15) is 27.1 Å². The van der Waals surface area contributed by atoms with Crippen LogP contribution in [0.5, 0.6) is 11.5 Å². The molecular weight excluding hydrogens is 573 g/mol. The van der Waals surface area contributed by atoms with E-state index in [1.807, 2.05) is 0 Å². The summed E-state index contributed by atoms with van der Waals surface area (Å²) in [6, 6.07) is 5.25. The predicted molar refractivity (Wildman–Crippen MR) is 149 cm³/mol. The van der Waals surface area contributed by atoms with Gasteiger partial charge >= 0.3 is 12.2 Å². The zero-order chi connectivity index (χ0) is 30.4. The van der Waals surface area contributed by atoms with Gasteiger partial charge in [-0.3, -0.25) is 10.2 Å². The minimum atomic E-state index is -1.29. The zero-order valence-electron chi connectivity index (χ0n) is 23.1. The molecule has 0 aliphatic carbocycles. The summed E-state index contributed by atoms with van der Waals surface area (Å²) in [5.74, 6) is -1.60. The van der Waals surface area contributed by atoms with Gasteiger partial charge in [0.25, 0.3) is 0 Å². The van der Waals surface area contributed by atoms with Crippen LogP contribution in [0.2, 0.25) is 10.0 Å². The fourth-order valence-electron chi connectivity index (χ4n) is 3.53. The van der Waals surface area contributed by atoms with Crippen molar-refractivity contribution in [2.24, 2.45) is 5.92 Å². The first-order valence-electron chi connectivity index (χ1n) is 12.3. The molecule has 0 spiro atoms. The average molecular weight is 607 g/mol. The summed E-state index contributed by atoms with van der Waals surface area (Å²) in [5.41, 5.74) is -1.74. The predicted octanol–water partition coefficient (Wildman–Crippen LogP) is 7.71. The van der Waals surface area contributed by atoms with Gasteiger partial charge in [0.15, 0.2) is 11.6 Å². The van der Waals surface area contributed by atoms with Gasteiger partial charge in [-0.2, -0.15) is 0 Å². The van der Waals surface area contributed by atoms with Crippen LogP contribution in [0.4, 0.5) is 29.7 Å². The molecule has 1 atom stereocenters. The maximum absolute atomic E-state index is 14.2. The third-order valence-corrected chi connectivity index (χ3v) is 6.04. The van der Waals surface area contributed by atoms with Crippen LogP contribution in [-0.4, -0.2) is 53.4 Å². The molecule has 2 aromatic carbocycles. The van der Waals surface area contributed by atoms with E-state index in [0.717, 1.165) is 24.0 Å². The Kier molecular flexibility index (Phi) is 11.3. The second kappa shape index (κ2) is 13.6. The fourth-order valence-corrected chi connectivity index (χ4v) is 3.91. The summed E-state index contributed by atoms with van der Waals surface area (Å²) in [6.45, 7) is 11.8. The molecular formula is C27H34Cl2F2N2O7.